The number of aromatic nitrogens is 3. The van der Waals surface area contributed by atoms with E-state index in [9.17, 15) is 4.79 Å². The summed E-state index contributed by atoms with van der Waals surface area (Å²) in [6.45, 7) is 1.92. The molecule has 114 valence electrons. The lowest BCUT2D eigenvalue weighted by Gasteiger charge is -2.03. The molecule has 0 N–H and O–H groups in total. The van der Waals surface area contributed by atoms with Gasteiger partial charge < -0.3 is 4.74 Å². The normalized spacial score (nSPS) is 24.5. The van der Waals surface area contributed by atoms with Gasteiger partial charge in [-0.1, -0.05) is 30.0 Å². The van der Waals surface area contributed by atoms with Crippen molar-refractivity contribution >= 4 is 17.7 Å². The zero-order valence-corrected chi connectivity index (χ0v) is 13.1. The quantitative estimate of drug-likeness (QED) is 0.812. The second-order valence-corrected chi connectivity index (χ2v) is 7.03. The first-order valence-corrected chi connectivity index (χ1v) is 8.48. The summed E-state index contributed by atoms with van der Waals surface area (Å²) in [6, 6.07) is 10.0. The van der Waals surface area contributed by atoms with E-state index >= 15 is 0 Å². The molecule has 0 amide bonds. The van der Waals surface area contributed by atoms with Crippen molar-refractivity contribution in [3.63, 3.8) is 0 Å². The summed E-state index contributed by atoms with van der Waals surface area (Å²) in [5.74, 6) is 1.35. The average Bonchev–Trinajstić information content (AvgIpc) is 3.20. The van der Waals surface area contributed by atoms with Gasteiger partial charge in [0.05, 0.1) is 5.69 Å². The fourth-order valence-electron chi connectivity index (χ4n) is 2.66. The Labute approximate surface area is 133 Å². The van der Waals surface area contributed by atoms with Crippen molar-refractivity contribution in [2.75, 3.05) is 0 Å². The van der Waals surface area contributed by atoms with E-state index in [4.69, 9.17) is 4.74 Å². The Bertz CT molecular complexity index is 697. The highest BCUT2D eigenvalue weighted by Gasteiger charge is 2.35. The molecule has 2 atom stereocenters. The lowest BCUT2D eigenvalue weighted by Crippen LogP contribution is -2.09. The molecular formula is C16H17N3O2S. The van der Waals surface area contributed by atoms with Gasteiger partial charge in [-0.3, -0.25) is 4.79 Å². The highest BCUT2D eigenvalue weighted by molar-refractivity contribution is 8.00. The molecular weight excluding hydrogens is 298 g/mol. The van der Waals surface area contributed by atoms with Gasteiger partial charge >= 0.3 is 5.97 Å². The highest BCUT2D eigenvalue weighted by atomic mass is 32.2. The van der Waals surface area contributed by atoms with Crippen molar-refractivity contribution < 1.29 is 9.53 Å². The van der Waals surface area contributed by atoms with Crippen LogP contribution in [0.25, 0.3) is 5.69 Å². The summed E-state index contributed by atoms with van der Waals surface area (Å²) in [5, 5.41) is 5.11. The number of hydrogen-bond donors (Lipinski definition) is 0. The van der Waals surface area contributed by atoms with Crippen LogP contribution in [0, 0.1) is 0 Å². The van der Waals surface area contributed by atoms with Gasteiger partial charge in [-0.25, -0.2) is 9.67 Å². The van der Waals surface area contributed by atoms with Crippen molar-refractivity contribution in [2.45, 2.75) is 48.6 Å². The Kier molecular flexibility index (Phi) is 3.41. The first-order chi connectivity index (χ1) is 10.7. The van der Waals surface area contributed by atoms with Crippen LogP contribution in [0.4, 0.5) is 0 Å². The molecule has 4 rings (SSSR count). The fraction of sp³-hybridized carbons (Fsp3) is 0.438. The number of carbonyl (C=O) groups excluding carboxylic acids is 1. The molecule has 1 saturated heterocycles. The van der Waals surface area contributed by atoms with Gasteiger partial charge in [0.25, 0.3) is 0 Å². The molecule has 1 aromatic carbocycles. The summed E-state index contributed by atoms with van der Waals surface area (Å²) >= 11 is 1.42. The van der Waals surface area contributed by atoms with E-state index in [1.165, 1.54) is 11.8 Å². The molecule has 1 saturated carbocycles. The minimum absolute atomic E-state index is 0.0101. The second kappa shape index (κ2) is 5.43. The lowest BCUT2D eigenvalue weighted by atomic mass is 10.3. The van der Waals surface area contributed by atoms with Crippen molar-refractivity contribution in [3.8, 4) is 5.69 Å². The number of hydrogen-bond acceptors (Lipinski definition) is 5. The van der Waals surface area contributed by atoms with Crippen LogP contribution in [0.3, 0.4) is 0 Å². The van der Waals surface area contributed by atoms with E-state index in [1.807, 2.05) is 41.9 Å². The Morgan fingerprint density at radius 2 is 2.05 bits per heavy atom. The minimum Gasteiger partial charge on any atom is -0.462 e. The molecule has 2 heterocycles. The Balaban J connectivity index is 1.63. The molecule has 1 aliphatic carbocycles. The number of cyclic esters (lactones) is 1. The molecule has 2 aromatic rings. The fourth-order valence-corrected chi connectivity index (χ4v) is 3.71. The molecule has 0 bridgehead atoms. The summed E-state index contributed by atoms with van der Waals surface area (Å²) in [4.78, 5) is 16.5. The molecule has 5 nitrogen and oxygen atoms in total. The monoisotopic (exact) mass is 315 g/mol. The van der Waals surface area contributed by atoms with Crippen LogP contribution in [0.5, 0.6) is 0 Å². The Morgan fingerprint density at radius 3 is 2.68 bits per heavy atom. The van der Waals surface area contributed by atoms with Crippen LogP contribution >= 0.6 is 11.8 Å². The number of thioether (sulfide) groups is 1. The van der Waals surface area contributed by atoms with Gasteiger partial charge in [0.15, 0.2) is 0 Å². The zero-order valence-electron chi connectivity index (χ0n) is 12.3. The van der Waals surface area contributed by atoms with Gasteiger partial charge in [0.1, 0.15) is 17.2 Å². The molecule has 0 unspecified atom stereocenters. The third-order valence-electron chi connectivity index (χ3n) is 3.93. The van der Waals surface area contributed by atoms with Crippen molar-refractivity contribution in [3.05, 3.63) is 36.2 Å². The number of nitrogens with zero attached hydrogens (tertiary/aromatic N) is 3. The number of rotatable bonds is 4. The maximum absolute atomic E-state index is 11.8. The van der Waals surface area contributed by atoms with Gasteiger partial charge in [0.2, 0.25) is 5.16 Å². The number of esters is 1. The highest BCUT2D eigenvalue weighted by Crippen LogP contribution is 2.41. The number of ether oxygens (including phenoxy) is 1. The first kappa shape index (κ1) is 13.8. The average molecular weight is 315 g/mol. The summed E-state index contributed by atoms with van der Waals surface area (Å²) in [7, 11) is 0. The third-order valence-corrected chi connectivity index (χ3v) is 4.98. The van der Waals surface area contributed by atoms with Crippen LogP contribution in [0.1, 0.15) is 37.9 Å². The zero-order chi connectivity index (χ0) is 15.1. The van der Waals surface area contributed by atoms with Crippen molar-refractivity contribution in [1.29, 1.82) is 0 Å². The predicted octanol–water partition coefficient (Wildman–Crippen LogP) is 2.94. The molecule has 6 heteroatoms. The maximum Gasteiger partial charge on any atom is 0.319 e. The van der Waals surface area contributed by atoms with Crippen LogP contribution in [-0.4, -0.2) is 32.1 Å². The number of para-hydroxylation sites is 1. The van der Waals surface area contributed by atoms with Crippen LogP contribution < -0.4 is 0 Å². The van der Waals surface area contributed by atoms with Gasteiger partial charge in [-0.15, -0.1) is 5.10 Å². The second-order valence-electron chi connectivity index (χ2n) is 5.86. The first-order valence-electron chi connectivity index (χ1n) is 7.60. The lowest BCUT2D eigenvalue weighted by molar-refractivity contribution is -0.140. The van der Waals surface area contributed by atoms with Gasteiger partial charge in [-0.05, 0) is 31.9 Å². The molecule has 2 aliphatic rings. The standard InChI is InChI=1S/C16H17N3O2S/c1-10-9-13(15(20)21-10)22-16-17-14(11-7-8-11)19(18-16)12-5-3-2-4-6-12/h2-6,10-11,13H,7-9H2,1H3/t10-,13+/m1/s1. The van der Waals surface area contributed by atoms with E-state index in [1.54, 1.807) is 0 Å². The molecule has 22 heavy (non-hydrogen) atoms. The van der Waals surface area contributed by atoms with Gasteiger partial charge in [-0.2, -0.15) is 0 Å². The SMILES string of the molecule is C[C@@H]1C[C@H](Sc2nc(C3CC3)n(-c3ccccc3)n2)C(=O)O1. The predicted molar refractivity (Wildman–Crippen MR) is 83.2 cm³/mol. The summed E-state index contributed by atoms with van der Waals surface area (Å²) in [6.07, 6.45) is 3.04. The largest absolute Gasteiger partial charge is 0.462 e. The van der Waals surface area contributed by atoms with Crippen LogP contribution in [0.2, 0.25) is 0 Å². The van der Waals surface area contributed by atoms with Gasteiger partial charge in [0, 0.05) is 12.3 Å². The van der Waals surface area contributed by atoms with E-state index < -0.39 is 0 Å². The van der Waals surface area contributed by atoms with E-state index in [0.29, 0.717) is 11.1 Å². The van der Waals surface area contributed by atoms with E-state index in [-0.39, 0.29) is 17.3 Å². The smallest absolute Gasteiger partial charge is 0.319 e. The summed E-state index contributed by atoms with van der Waals surface area (Å²) in [5.41, 5.74) is 1.02. The Morgan fingerprint density at radius 1 is 1.27 bits per heavy atom. The van der Waals surface area contributed by atoms with Crippen molar-refractivity contribution in [2.24, 2.45) is 0 Å². The molecule has 0 radical (unpaired) electrons. The van der Waals surface area contributed by atoms with E-state index in [2.05, 4.69) is 10.1 Å². The topological polar surface area (TPSA) is 57.0 Å². The minimum atomic E-state index is -0.186. The summed E-state index contributed by atoms with van der Waals surface area (Å²) < 4.78 is 7.13. The van der Waals surface area contributed by atoms with E-state index in [0.717, 1.165) is 30.8 Å². The third kappa shape index (κ3) is 2.63. The molecule has 1 aliphatic heterocycles. The number of carbonyl (C=O) groups is 1. The Hall–Kier alpha value is -1.82. The van der Waals surface area contributed by atoms with Crippen LogP contribution in [0.15, 0.2) is 35.5 Å². The molecule has 1 aromatic heterocycles. The van der Waals surface area contributed by atoms with Crippen molar-refractivity contribution in [1.82, 2.24) is 14.8 Å². The molecule has 0 spiro atoms. The number of benzene rings is 1. The van der Waals surface area contributed by atoms with Crippen LogP contribution in [-0.2, 0) is 9.53 Å². The molecule has 2 fully saturated rings. The maximum atomic E-state index is 11.8.